The van der Waals surface area contributed by atoms with E-state index in [9.17, 15) is 18.0 Å². The van der Waals surface area contributed by atoms with Crippen LogP contribution in [0.15, 0.2) is 0 Å². The molecule has 5 N–H and O–H groups in total. The van der Waals surface area contributed by atoms with E-state index in [1.54, 1.807) is 0 Å². The lowest BCUT2D eigenvalue weighted by Crippen LogP contribution is -2.52. The van der Waals surface area contributed by atoms with Crippen LogP contribution in [0.25, 0.3) is 0 Å². The third kappa shape index (κ3) is 5.88. The van der Waals surface area contributed by atoms with Crippen LogP contribution < -0.4 is 15.8 Å². The van der Waals surface area contributed by atoms with Gasteiger partial charge in [0.1, 0.15) is 0 Å². The van der Waals surface area contributed by atoms with E-state index in [1.165, 1.54) is 0 Å². The molecule has 0 aromatic heterocycles. The summed E-state index contributed by atoms with van der Waals surface area (Å²) in [4.78, 5) is 22.4. The Hall–Kier alpha value is -1.35. The van der Waals surface area contributed by atoms with Crippen LogP contribution in [0.4, 0.5) is 4.79 Å². The zero-order valence-electron chi connectivity index (χ0n) is 10.5. The lowest BCUT2D eigenvalue weighted by atomic mass is 9.93. The predicted octanol–water partition coefficient (Wildman–Crippen LogP) is -0.638. The first-order valence-electron chi connectivity index (χ1n) is 6.01. The number of primary sulfonamides is 1. The van der Waals surface area contributed by atoms with Gasteiger partial charge in [-0.25, -0.2) is 18.4 Å². The molecule has 110 valence electrons. The highest BCUT2D eigenvalue weighted by atomic mass is 32.2. The third-order valence-corrected chi connectivity index (χ3v) is 3.87. The first kappa shape index (κ1) is 15.7. The van der Waals surface area contributed by atoms with Gasteiger partial charge in [-0.3, -0.25) is 4.79 Å². The van der Waals surface area contributed by atoms with Gasteiger partial charge in [-0.2, -0.15) is 0 Å². The zero-order valence-corrected chi connectivity index (χ0v) is 11.3. The maximum Gasteiger partial charge on any atom is 0.315 e. The molecule has 0 unspecified atom stereocenters. The van der Waals surface area contributed by atoms with Gasteiger partial charge in [-0.15, -0.1) is 0 Å². The Kier molecular flexibility index (Phi) is 5.12. The molecular formula is C10H19N3O5S. The van der Waals surface area contributed by atoms with Crippen LogP contribution in [0.3, 0.4) is 0 Å². The highest BCUT2D eigenvalue weighted by Crippen LogP contribution is 2.32. The molecule has 2 amide bonds. The van der Waals surface area contributed by atoms with Crippen LogP contribution in [0.1, 0.15) is 32.1 Å². The lowest BCUT2D eigenvalue weighted by Gasteiger charge is -2.28. The summed E-state index contributed by atoms with van der Waals surface area (Å²) < 4.78 is 21.4. The number of carboxylic acid groups (broad SMARTS) is 1. The molecule has 1 aliphatic carbocycles. The number of nitrogens with two attached hydrogens (primary N) is 1. The maximum absolute atomic E-state index is 11.6. The number of hydrogen-bond acceptors (Lipinski definition) is 4. The average Bonchev–Trinajstić information content (AvgIpc) is 2.62. The van der Waals surface area contributed by atoms with Gasteiger partial charge in [0.2, 0.25) is 10.0 Å². The number of carbonyl (C=O) groups excluding carboxylic acids is 1. The first-order valence-corrected chi connectivity index (χ1v) is 7.72. The number of carbonyl (C=O) groups is 2. The third-order valence-electron chi connectivity index (χ3n) is 3.10. The molecule has 0 aromatic carbocycles. The van der Waals surface area contributed by atoms with E-state index in [-0.39, 0.29) is 18.7 Å². The minimum Gasteiger partial charge on any atom is -0.481 e. The van der Waals surface area contributed by atoms with E-state index < -0.39 is 27.6 Å². The van der Waals surface area contributed by atoms with Gasteiger partial charge >= 0.3 is 12.0 Å². The summed E-state index contributed by atoms with van der Waals surface area (Å²) in [5.41, 5.74) is -0.725. The molecule has 1 saturated carbocycles. The Bertz CT molecular complexity index is 442. The molecule has 1 fully saturated rings. The molecule has 0 atom stereocenters. The van der Waals surface area contributed by atoms with Crippen LogP contribution in [0.5, 0.6) is 0 Å². The predicted molar refractivity (Wildman–Crippen MR) is 68.0 cm³/mol. The lowest BCUT2D eigenvalue weighted by molar-refractivity contribution is -0.138. The quantitative estimate of drug-likeness (QED) is 0.516. The number of hydrogen-bond donors (Lipinski definition) is 4. The van der Waals surface area contributed by atoms with Gasteiger partial charge in [0.05, 0.1) is 17.7 Å². The van der Waals surface area contributed by atoms with E-state index in [4.69, 9.17) is 10.2 Å². The Morgan fingerprint density at radius 1 is 1.26 bits per heavy atom. The van der Waals surface area contributed by atoms with Gasteiger partial charge in [-0.05, 0) is 12.8 Å². The number of nitrogens with one attached hydrogen (secondary N) is 2. The van der Waals surface area contributed by atoms with Crippen molar-refractivity contribution >= 4 is 22.0 Å². The van der Waals surface area contributed by atoms with Crippen molar-refractivity contribution in [1.29, 1.82) is 0 Å². The number of rotatable bonds is 6. The normalized spacial score (nSPS) is 17.9. The fourth-order valence-electron chi connectivity index (χ4n) is 2.28. The zero-order chi connectivity index (χ0) is 14.5. The molecular weight excluding hydrogens is 274 g/mol. The monoisotopic (exact) mass is 293 g/mol. The van der Waals surface area contributed by atoms with Crippen molar-refractivity contribution < 1.29 is 23.1 Å². The average molecular weight is 293 g/mol. The molecule has 8 nitrogen and oxygen atoms in total. The van der Waals surface area contributed by atoms with E-state index >= 15 is 0 Å². The summed E-state index contributed by atoms with van der Waals surface area (Å²) in [5, 5.41) is 18.7. The number of aliphatic carboxylic acids is 1. The van der Waals surface area contributed by atoms with E-state index in [2.05, 4.69) is 10.6 Å². The van der Waals surface area contributed by atoms with Gasteiger partial charge in [0.15, 0.2) is 0 Å². The Morgan fingerprint density at radius 2 is 1.84 bits per heavy atom. The second-order valence-electron chi connectivity index (χ2n) is 4.81. The van der Waals surface area contributed by atoms with Crippen molar-refractivity contribution in [2.45, 2.75) is 37.6 Å². The van der Waals surface area contributed by atoms with Crippen LogP contribution in [-0.4, -0.2) is 43.4 Å². The molecule has 0 saturated heterocycles. The first-order chi connectivity index (χ1) is 8.72. The van der Waals surface area contributed by atoms with E-state index in [0.29, 0.717) is 12.8 Å². The van der Waals surface area contributed by atoms with Gasteiger partial charge < -0.3 is 15.7 Å². The smallest absolute Gasteiger partial charge is 0.315 e. The molecule has 1 rings (SSSR count). The molecule has 0 radical (unpaired) electrons. The maximum atomic E-state index is 11.6. The number of urea groups is 1. The van der Waals surface area contributed by atoms with Crippen molar-refractivity contribution in [1.82, 2.24) is 10.6 Å². The molecule has 0 spiro atoms. The van der Waals surface area contributed by atoms with Crippen LogP contribution >= 0.6 is 0 Å². The fourth-order valence-corrected chi connectivity index (χ4v) is 2.67. The molecule has 0 bridgehead atoms. The molecule has 19 heavy (non-hydrogen) atoms. The Morgan fingerprint density at radius 3 is 2.32 bits per heavy atom. The largest absolute Gasteiger partial charge is 0.481 e. The number of sulfonamides is 1. The van der Waals surface area contributed by atoms with Crippen molar-refractivity contribution in [3.05, 3.63) is 0 Å². The van der Waals surface area contributed by atoms with Crippen molar-refractivity contribution in [3.8, 4) is 0 Å². The minimum absolute atomic E-state index is 0.103. The van der Waals surface area contributed by atoms with Crippen molar-refractivity contribution in [2.75, 3.05) is 12.3 Å². The van der Waals surface area contributed by atoms with Gasteiger partial charge in [0.25, 0.3) is 0 Å². The highest BCUT2D eigenvalue weighted by Gasteiger charge is 2.37. The second kappa shape index (κ2) is 6.20. The summed E-state index contributed by atoms with van der Waals surface area (Å²) in [6, 6.07) is -0.563. The van der Waals surface area contributed by atoms with E-state index in [1.807, 2.05) is 0 Å². The highest BCUT2D eigenvalue weighted by molar-refractivity contribution is 7.89. The molecule has 0 heterocycles. The van der Waals surface area contributed by atoms with Crippen molar-refractivity contribution in [3.63, 3.8) is 0 Å². The number of carboxylic acids is 1. The van der Waals surface area contributed by atoms with Crippen LogP contribution in [0, 0.1) is 0 Å². The SMILES string of the molecule is NS(=O)(=O)CCNC(=O)NC1(CC(=O)O)CCCC1. The minimum atomic E-state index is -3.62. The summed E-state index contributed by atoms with van der Waals surface area (Å²) in [6.07, 6.45) is 2.83. The molecule has 9 heteroatoms. The van der Waals surface area contributed by atoms with Gasteiger partial charge in [-0.1, -0.05) is 12.8 Å². The molecule has 1 aliphatic rings. The van der Waals surface area contributed by atoms with Crippen molar-refractivity contribution in [2.24, 2.45) is 5.14 Å². The molecule has 0 aromatic rings. The summed E-state index contributed by atoms with van der Waals surface area (Å²) >= 11 is 0. The van der Waals surface area contributed by atoms with Crippen LogP contribution in [-0.2, 0) is 14.8 Å². The van der Waals surface area contributed by atoms with Gasteiger partial charge in [0, 0.05) is 6.54 Å². The summed E-state index contributed by atoms with van der Waals surface area (Å²) in [7, 11) is -3.62. The summed E-state index contributed by atoms with van der Waals surface area (Å²) in [5.74, 6) is -1.32. The number of amides is 2. The molecule has 0 aliphatic heterocycles. The standard InChI is InChI=1S/C10H19N3O5S/c11-19(17,18)6-5-12-9(16)13-10(7-8(14)15)3-1-2-4-10/h1-7H2,(H,14,15)(H2,11,17,18)(H2,12,13,16). The Labute approximate surface area is 111 Å². The topological polar surface area (TPSA) is 139 Å². The second-order valence-corrected chi connectivity index (χ2v) is 6.54. The summed E-state index contributed by atoms with van der Waals surface area (Å²) in [6.45, 7) is -0.103. The van der Waals surface area contributed by atoms with E-state index in [0.717, 1.165) is 12.8 Å². The fraction of sp³-hybridized carbons (Fsp3) is 0.800. The van der Waals surface area contributed by atoms with Crippen LogP contribution in [0.2, 0.25) is 0 Å². The Balaban J connectivity index is 2.46.